The van der Waals surface area contributed by atoms with Gasteiger partial charge in [-0.2, -0.15) is 0 Å². The summed E-state index contributed by atoms with van der Waals surface area (Å²) in [4.78, 5) is 33.7. The molecule has 8 nitrogen and oxygen atoms in total. The van der Waals surface area contributed by atoms with Crippen molar-refractivity contribution in [2.24, 2.45) is 0 Å². The minimum absolute atomic E-state index is 0.0944. The summed E-state index contributed by atoms with van der Waals surface area (Å²) < 4.78 is 4.79. The van der Waals surface area contributed by atoms with Gasteiger partial charge in [0.05, 0.1) is 18.1 Å². The van der Waals surface area contributed by atoms with Crippen molar-refractivity contribution in [1.29, 1.82) is 0 Å². The van der Waals surface area contributed by atoms with Crippen LogP contribution in [0.4, 0.5) is 17.1 Å². The fourth-order valence-electron chi connectivity index (χ4n) is 2.20. The molecule has 0 atom stereocenters. The number of nitrogens with one attached hydrogen (secondary N) is 2. The molecule has 2 aromatic carbocycles. The summed E-state index contributed by atoms with van der Waals surface area (Å²) in [5, 5.41) is 16.4. The number of hydrogen-bond donors (Lipinski definition) is 2. The van der Waals surface area contributed by atoms with Crippen LogP contribution in [-0.4, -0.2) is 30.0 Å². The van der Waals surface area contributed by atoms with Gasteiger partial charge in [0.15, 0.2) is 0 Å². The van der Waals surface area contributed by atoms with Crippen LogP contribution in [0.1, 0.15) is 12.5 Å². The SMILES string of the molecule is CCOC(=O)/C=C/c1ccc(NC(=O)CNc2ccccc2[N+](=O)[O-])cc1. The third-order valence-corrected chi connectivity index (χ3v) is 3.43. The first-order chi connectivity index (χ1) is 13.0. The number of nitrogens with zero attached hydrogens (tertiary/aromatic N) is 1. The lowest BCUT2D eigenvalue weighted by atomic mass is 10.2. The molecule has 0 aliphatic rings. The molecule has 0 saturated carbocycles. The van der Waals surface area contributed by atoms with Crippen molar-refractivity contribution in [3.63, 3.8) is 0 Å². The van der Waals surface area contributed by atoms with Crippen LogP contribution < -0.4 is 10.6 Å². The molecule has 2 rings (SSSR count). The summed E-state index contributed by atoms with van der Waals surface area (Å²) in [7, 11) is 0. The Morgan fingerprint density at radius 3 is 2.52 bits per heavy atom. The lowest BCUT2D eigenvalue weighted by Gasteiger charge is -2.08. The standard InChI is InChI=1S/C19H19N3O5/c1-2-27-19(24)12-9-14-7-10-15(11-8-14)21-18(23)13-20-16-5-3-4-6-17(16)22(25)26/h3-12,20H,2,13H2,1H3,(H,21,23)/b12-9+. The first kappa shape index (κ1) is 19.6. The smallest absolute Gasteiger partial charge is 0.330 e. The number of amides is 1. The van der Waals surface area contributed by atoms with Gasteiger partial charge in [0.2, 0.25) is 5.91 Å². The third-order valence-electron chi connectivity index (χ3n) is 3.43. The van der Waals surface area contributed by atoms with Gasteiger partial charge in [-0.25, -0.2) is 4.79 Å². The largest absolute Gasteiger partial charge is 0.463 e. The molecular weight excluding hydrogens is 350 g/mol. The molecule has 0 saturated heterocycles. The quantitative estimate of drug-likeness (QED) is 0.320. The lowest BCUT2D eigenvalue weighted by molar-refractivity contribution is -0.383. The number of nitro benzene ring substituents is 1. The van der Waals surface area contributed by atoms with E-state index < -0.39 is 10.9 Å². The van der Waals surface area contributed by atoms with E-state index in [4.69, 9.17) is 4.74 Å². The zero-order valence-corrected chi connectivity index (χ0v) is 14.7. The van der Waals surface area contributed by atoms with E-state index in [9.17, 15) is 19.7 Å². The van der Waals surface area contributed by atoms with Gasteiger partial charge in [-0.1, -0.05) is 24.3 Å². The van der Waals surface area contributed by atoms with E-state index in [0.717, 1.165) is 5.56 Å². The topological polar surface area (TPSA) is 111 Å². The van der Waals surface area contributed by atoms with Crippen molar-refractivity contribution in [2.45, 2.75) is 6.92 Å². The second-order valence-corrected chi connectivity index (χ2v) is 5.38. The number of para-hydroxylation sites is 2. The highest BCUT2D eigenvalue weighted by atomic mass is 16.6. The van der Waals surface area contributed by atoms with Crippen molar-refractivity contribution in [3.05, 3.63) is 70.3 Å². The Hall–Kier alpha value is -3.68. The Labute approximate surface area is 156 Å². The molecule has 0 heterocycles. The first-order valence-electron chi connectivity index (χ1n) is 8.21. The van der Waals surface area contributed by atoms with E-state index >= 15 is 0 Å². The van der Waals surface area contributed by atoms with Gasteiger partial charge in [-0.05, 0) is 36.8 Å². The van der Waals surface area contributed by atoms with Crippen LogP contribution >= 0.6 is 0 Å². The molecule has 0 spiro atoms. The molecule has 0 unspecified atom stereocenters. The highest BCUT2D eigenvalue weighted by molar-refractivity contribution is 5.94. The van der Waals surface area contributed by atoms with Gasteiger partial charge in [0.1, 0.15) is 5.69 Å². The average molecular weight is 369 g/mol. The number of benzene rings is 2. The molecule has 0 aliphatic heterocycles. The maximum Gasteiger partial charge on any atom is 0.330 e. The van der Waals surface area contributed by atoms with Crippen LogP contribution in [-0.2, 0) is 14.3 Å². The molecule has 1 amide bonds. The summed E-state index contributed by atoms with van der Waals surface area (Å²) >= 11 is 0. The summed E-state index contributed by atoms with van der Waals surface area (Å²) in [6.45, 7) is 1.93. The zero-order chi connectivity index (χ0) is 19.6. The van der Waals surface area contributed by atoms with Gasteiger partial charge in [-0.15, -0.1) is 0 Å². The van der Waals surface area contributed by atoms with Gasteiger partial charge >= 0.3 is 5.97 Å². The fraction of sp³-hybridized carbons (Fsp3) is 0.158. The van der Waals surface area contributed by atoms with E-state index in [1.54, 1.807) is 49.4 Å². The maximum atomic E-state index is 12.0. The number of carbonyl (C=O) groups is 2. The van der Waals surface area contributed by atoms with Gasteiger partial charge in [0.25, 0.3) is 5.69 Å². The summed E-state index contributed by atoms with van der Waals surface area (Å²) in [6.07, 6.45) is 2.94. The Morgan fingerprint density at radius 2 is 1.85 bits per heavy atom. The van der Waals surface area contributed by atoms with E-state index in [1.807, 2.05) is 0 Å². The van der Waals surface area contributed by atoms with Crippen LogP contribution in [0, 0.1) is 10.1 Å². The average Bonchev–Trinajstić information content (AvgIpc) is 2.66. The van der Waals surface area contributed by atoms with Gasteiger partial charge < -0.3 is 15.4 Å². The minimum atomic E-state index is -0.511. The monoisotopic (exact) mass is 369 g/mol. The number of anilines is 2. The second-order valence-electron chi connectivity index (χ2n) is 5.38. The van der Waals surface area contributed by atoms with E-state index in [0.29, 0.717) is 12.3 Å². The molecule has 0 radical (unpaired) electrons. The van der Waals surface area contributed by atoms with Gasteiger partial charge in [0, 0.05) is 17.8 Å². The molecule has 27 heavy (non-hydrogen) atoms. The van der Waals surface area contributed by atoms with Crippen LogP contribution in [0.2, 0.25) is 0 Å². The van der Waals surface area contributed by atoms with E-state index in [-0.39, 0.29) is 23.8 Å². The second kappa shape index (κ2) is 9.71. The summed E-state index contributed by atoms with van der Waals surface area (Å²) in [6, 6.07) is 13.0. The predicted octanol–water partition coefficient (Wildman–Crippen LogP) is 3.22. The molecule has 0 fully saturated rings. The molecule has 2 N–H and O–H groups in total. The fourth-order valence-corrected chi connectivity index (χ4v) is 2.20. The van der Waals surface area contributed by atoms with Crippen molar-refractivity contribution < 1.29 is 19.2 Å². The van der Waals surface area contributed by atoms with Crippen molar-refractivity contribution in [2.75, 3.05) is 23.8 Å². The number of carbonyl (C=O) groups excluding carboxylic acids is 2. The summed E-state index contributed by atoms with van der Waals surface area (Å²) in [5.74, 6) is -0.765. The highest BCUT2D eigenvalue weighted by Gasteiger charge is 2.12. The van der Waals surface area contributed by atoms with E-state index in [1.165, 1.54) is 18.2 Å². The number of hydrogen-bond acceptors (Lipinski definition) is 6. The van der Waals surface area contributed by atoms with Crippen LogP contribution in [0.5, 0.6) is 0 Å². The van der Waals surface area contributed by atoms with E-state index in [2.05, 4.69) is 10.6 Å². The molecule has 0 aliphatic carbocycles. The molecule has 0 aromatic heterocycles. The minimum Gasteiger partial charge on any atom is -0.463 e. The number of ether oxygens (including phenoxy) is 1. The van der Waals surface area contributed by atoms with Crippen LogP contribution in [0.15, 0.2) is 54.6 Å². The lowest BCUT2D eigenvalue weighted by Crippen LogP contribution is -2.22. The number of nitro groups is 1. The Bertz CT molecular complexity index is 847. The predicted molar refractivity (Wildman–Crippen MR) is 102 cm³/mol. The highest BCUT2D eigenvalue weighted by Crippen LogP contribution is 2.22. The molecule has 0 bridgehead atoms. The Morgan fingerprint density at radius 1 is 1.15 bits per heavy atom. The van der Waals surface area contributed by atoms with Crippen molar-refractivity contribution in [1.82, 2.24) is 0 Å². The van der Waals surface area contributed by atoms with Crippen molar-refractivity contribution >= 4 is 35.0 Å². The first-order valence-corrected chi connectivity index (χ1v) is 8.21. The maximum absolute atomic E-state index is 12.0. The molecule has 8 heteroatoms. The normalized spacial score (nSPS) is 10.4. The number of esters is 1. The molecular formula is C19H19N3O5. The summed E-state index contributed by atoms with van der Waals surface area (Å²) in [5.41, 5.74) is 1.52. The number of rotatable bonds is 8. The van der Waals surface area contributed by atoms with Crippen LogP contribution in [0.3, 0.4) is 0 Å². The third kappa shape index (κ3) is 6.28. The Balaban J connectivity index is 1.89. The van der Waals surface area contributed by atoms with Crippen molar-refractivity contribution in [3.8, 4) is 0 Å². The molecule has 2 aromatic rings. The molecule has 140 valence electrons. The van der Waals surface area contributed by atoms with Crippen LogP contribution in [0.25, 0.3) is 6.08 Å². The zero-order valence-electron chi connectivity index (χ0n) is 14.7. The Kier molecular flexibility index (Phi) is 7.07. The van der Waals surface area contributed by atoms with Gasteiger partial charge in [-0.3, -0.25) is 14.9 Å².